The van der Waals surface area contributed by atoms with Gasteiger partial charge in [0.25, 0.3) is 0 Å². The monoisotopic (exact) mass is 1000 g/mol. The van der Waals surface area contributed by atoms with E-state index < -0.39 is 85.6 Å². The van der Waals surface area contributed by atoms with Crippen LogP contribution in [0, 0.1) is 0 Å². The molecule has 69 heavy (non-hydrogen) atoms. The Morgan fingerprint density at radius 2 is 0.797 bits per heavy atom. The Balaban J connectivity index is 3.15. The smallest absolute Gasteiger partial charge is 0.317 e. The molecule has 402 valence electrons. The van der Waals surface area contributed by atoms with Crippen molar-refractivity contribution in [2.45, 2.75) is 55.9 Å². The van der Waals surface area contributed by atoms with Crippen molar-refractivity contribution in [2.24, 2.45) is 5.73 Å². The summed E-state index contributed by atoms with van der Waals surface area (Å²) in [5.41, 5.74) is 5.59. The van der Waals surface area contributed by atoms with Crippen LogP contribution in [-0.4, -0.2) is 348 Å². The summed E-state index contributed by atoms with van der Waals surface area (Å²) in [6, 6.07) is 0. The van der Waals surface area contributed by atoms with E-state index in [2.05, 4.69) is 0 Å². The van der Waals surface area contributed by atoms with Crippen LogP contribution in [0.15, 0.2) is 0 Å². The van der Waals surface area contributed by atoms with Crippen molar-refractivity contribution in [1.29, 1.82) is 0 Å². The summed E-state index contributed by atoms with van der Waals surface area (Å²) in [6.07, 6.45) is -8.97. The lowest BCUT2D eigenvalue weighted by atomic mass is 10.0. The first-order valence-electron chi connectivity index (χ1n) is 23.0. The van der Waals surface area contributed by atoms with Crippen molar-refractivity contribution < 1.29 is 95.2 Å². The second kappa shape index (κ2) is 35.3. The molecule has 6 atom stereocenters. The molecule has 0 spiro atoms. The van der Waals surface area contributed by atoms with Crippen molar-refractivity contribution in [3.63, 3.8) is 0 Å². The average molecular weight is 1000 g/mol. The van der Waals surface area contributed by atoms with Gasteiger partial charge in [-0.05, 0) is 25.8 Å². The molecule has 1 heterocycles. The van der Waals surface area contributed by atoms with E-state index in [4.69, 9.17) is 5.73 Å². The number of nitrogens with two attached hydrogens (primary N) is 1. The molecule has 1 aliphatic rings. The van der Waals surface area contributed by atoms with Crippen molar-refractivity contribution in [3.05, 3.63) is 0 Å². The SMILES string of the molecule is NCCN(CCN(CCN(CCCCC(O)CN(CC(O)CN1CCN(CC(=O)O)CCN(CC(=O)O)CCN(CC(=O)O)CC1)CC(O)C(O)C(O)C(O)CO)CC(=O)O)CC(=O)O)CC(=O)O. The second-order valence-corrected chi connectivity index (χ2v) is 17.4. The Bertz CT molecular complexity index is 1480. The maximum Gasteiger partial charge on any atom is 0.317 e. The largest absolute Gasteiger partial charge is 0.480 e. The summed E-state index contributed by atoms with van der Waals surface area (Å²) >= 11 is 0. The Labute approximate surface area is 401 Å². The molecule has 0 radical (unpaired) electrons. The zero-order valence-electron chi connectivity index (χ0n) is 39.4. The minimum absolute atomic E-state index is 0.0678. The van der Waals surface area contributed by atoms with Gasteiger partial charge in [-0.15, -0.1) is 0 Å². The fourth-order valence-electron chi connectivity index (χ4n) is 7.86. The Morgan fingerprint density at radius 1 is 0.435 bits per heavy atom. The first kappa shape index (κ1) is 63.2. The van der Waals surface area contributed by atoms with Gasteiger partial charge in [0.05, 0.1) is 64.2 Å². The Morgan fingerprint density at radius 3 is 1.17 bits per heavy atom. The maximum absolute atomic E-state index is 11.7. The van der Waals surface area contributed by atoms with E-state index in [1.165, 1.54) is 4.90 Å². The summed E-state index contributed by atoms with van der Waals surface area (Å²) in [7, 11) is 0. The molecule has 28 nitrogen and oxygen atoms in total. The third-order valence-corrected chi connectivity index (χ3v) is 11.4. The zero-order valence-corrected chi connectivity index (χ0v) is 39.4. The lowest BCUT2D eigenvalue weighted by Gasteiger charge is -2.35. The quantitative estimate of drug-likeness (QED) is 0.0257. The highest BCUT2D eigenvalue weighted by Crippen LogP contribution is 2.12. The summed E-state index contributed by atoms with van der Waals surface area (Å²) in [5, 5.41) is 130. The molecule has 0 aromatic carbocycles. The summed E-state index contributed by atoms with van der Waals surface area (Å²) in [6.45, 7) is -1.16. The third kappa shape index (κ3) is 30.5. The number of hydrogen-bond donors (Lipinski definition) is 14. The lowest BCUT2D eigenvalue weighted by molar-refractivity contribution is -0.140. The molecule has 1 saturated heterocycles. The van der Waals surface area contributed by atoms with Gasteiger partial charge < -0.3 is 72.1 Å². The molecule has 0 aromatic rings. The maximum atomic E-state index is 11.7. The van der Waals surface area contributed by atoms with E-state index in [0.29, 0.717) is 12.8 Å². The topological polar surface area (TPSA) is 417 Å². The van der Waals surface area contributed by atoms with Crippen LogP contribution in [0.5, 0.6) is 0 Å². The number of rotatable bonds is 37. The first-order chi connectivity index (χ1) is 32.5. The number of aliphatic hydroxyl groups is 7. The molecular weight excluding hydrogens is 922 g/mol. The van der Waals surface area contributed by atoms with Gasteiger partial charge in [0.2, 0.25) is 0 Å². The Kier molecular flexibility index (Phi) is 32.3. The van der Waals surface area contributed by atoms with E-state index in [-0.39, 0.29) is 163 Å². The van der Waals surface area contributed by atoms with Crippen molar-refractivity contribution in [1.82, 2.24) is 39.2 Å². The van der Waals surface area contributed by atoms with Crippen LogP contribution in [0.3, 0.4) is 0 Å². The van der Waals surface area contributed by atoms with E-state index in [9.17, 15) is 95.2 Å². The molecule has 0 aliphatic carbocycles. The number of nitrogens with zero attached hydrogens (tertiary/aromatic N) is 8. The van der Waals surface area contributed by atoms with E-state index in [1.54, 1.807) is 34.3 Å². The number of aliphatic carboxylic acids is 6. The number of β-amino-alcohol motifs (C(OH)–C–C–N with tert-alkyl or cyclic N) is 1. The minimum Gasteiger partial charge on any atom is -0.480 e. The van der Waals surface area contributed by atoms with Crippen LogP contribution < -0.4 is 5.73 Å². The first-order valence-corrected chi connectivity index (χ1v) is 23.0. The lowest BCUT2D eigenvalue weighted by Crippen LogP contribution is -2.53. The van der Waals surface area contributed by atoms with Gasteiger partial charge in [-0.3, -0.25) is 68.0 Å². The van der Waals surface area contributed by atoms with Crippen LogP contribution in [0.4, 0.5) is 0 Å². The standard InChI is InChI=1S/C41H79N9O19/c42-4-6-44(24-35(58)59)8-12-46(25-36(60)61)11-7-43(23-34(56)57)5-2-1-3-30(52)19-50(22-32(54)40(68)41(69)33(55)29-51)21-31(53)20-45-9-13-47(26-37(62)63)15-17-49(28-39(66)67)18-16-48(14-10-45)27-38(64)65/h30-33,40-41,51-55,68-69H,1-29,42H2,(H,56,57)(H,58,59)(H,60,61)(H,62,63)(H,64,65)(H,66,67). The van der Waals surface area contributed by atoms with Gasteiger partial charge >= 0.3 is 35.8 Å². The van der Waals surface area contributed by atoms with Gasteiger partial charge in [-0.25, -0.2) is 0 Å². The summed E-state index contributed by atoms with van der Waals surface area (Å²) in [4.78, 5) is 82.3. The van der Waals surface area contributed by atoms with Gasteiger partial charge in [-0.2, -0.15) is 0 Å². The van der Waals surface area contributed by atoms with Gasteiger partial charge in [0.15, 0.2) is 0 Å². The van der Waals surface area contributed by atoms with E-state index in [1.807, 2.05) is 0 Å². The molecule has 15 N–H and O–H groups in total. The molecule has 1 aliphatic heterocycles. The highest BCUT2D eigenvalue weighted by Gasteiger charge is 2.32. The highest BCUT2D eigenvalue weighted by molar-refractivity contribution is 5.70. The Hall–Kier alpha value is -3.82. The van der Waals surface area contributed by atoms with Crippen molar-refractivity contribution in [3.8, 4) is 0 Å². The van der Waals surface area contributed by atoms with E-state index >= 15 is 0 Å². The molecule has 6 unspecified atom stereocenters. The predicted octanol–water partition coefficient (Wildman–Crippen LogP) is -7.79. The molecule has 1 fully saturated rings. The van der Waals surface area contributed by atoms with Crippen molar-refractivity contribution >= 4 is 35.8 Å². The highest BCUT2D eigenvalue weighted by atomic mass is 16.4. The number of unbranched alkanes of at least 4 members (excludes halogenated alkanes) is 1. The average Bonchev–Trinajstić information content (AvgIpc) is 3.24. The van der Waals surface area contributed by atoms with Gasteiger partial charge in [0.1, 0.15) is 18.3 Å². The molecule has 0 saturated carbocycles. The molecule has 28 heteroatoms. The van der Waals surface area contributed by atoms with Crippen LogP contribution in [0.25, 0.3) is 0 Å². The summed E-state index contributed by atoms with van der Waals surface area (Å²) < 4.78 is 0. The molecular formula is C41H79N9O19. The molecule has 0 amide bonds. The molecule has 1 rings (SSSR count). The normalized spacial score (nSPS) is 18.1. The van der Waals surface area contributed by atoms with Crippen molar-refractivity contribution in [2.75, 3.05) is 170 Å². The number of carboxylic acids is 6. The van der Waals surface area contributed by atoms with Crippen LogP contribution >= 0.6 is 0 Å². The van der Waals surface area contributed by atoms with Crippen LogP contribution in [0.1, 0.15) is 19.3 Å². The zero-order chi connectivity index (χ0) is 52.1. The second-order valence-electron chi connectivity index (χ2n) is 17.4. The van der Waals surface area contributed by atoms with Crippen LogP contribution in [-0.2, 0) is 28.8 Å². The van der Waals surface area contributed by atoms with Gasteiger partial charge in [-0.1, -0.05) is 0 Å². The number of carbonyl (C=O) groups is 6. The number of hydrogen-bond acceptors (Lipinski definition) is 22. The fraction of sp³-hybridized carbons (Fsp3) is 0.854. The van der Waals surface area contributed by atoms with E-state index in [0.717, 1.165) is 0 Å². The fourth-order valence-corrected chi connectivity index (χ4v) is 7.86. The number of carboxylic acid groups (broad SMARTS) is 6. The predicted molar refractivity (Wildman–Crippen MR) is 243 cm³/mol. The molecule has 0 bridgehead atoms. The van der Waals surface area contributed by atoms with Crippen LogP contribution in [0.2, 0.25) is 0 Å². The number of aliphatic hydroxyl groups excluding tert-OH is 7. The molecule has 0 aromatic heterocycles. The summed E-state index contributed by atoms with van der Waals surface area (Å²) in [5.74, 6) is -6.67. The van der Waals surface area contributed by atoms with Gasteiger partial charge in [0, 0.05) is 118 Å². The third-order valence-electron chi connectivity index (χ3n) is 11.4. The minimum atomic E-state index is -1.97.